The smallest absolute Gasteiger partial charge is 0.261 e. The third kappa shape index (κ3) is 5.77. The number of carbonyl (C=O) groups is 1. The van der Waals surface area contributed by atoms with E-state index in [1.165, 1.54) is 0 Å². The van der Waals surface area contributed by atoms with E-state index in [0.29, 0.717) is 22.7 Å². The van der Waals surface area contributed by atoms with Crippen LogP contribution in [0.3, 0.4) is 0 Å². The second-order valence-electron chi connectivity index (χ2n) is 8.46. The van der Waals surface area contributed by atoms with Crippen molar-refractivity contribution in [1.82, 2.24) is 5.32 Å². The number of sulfonamides is 1. The van der Waals surface area contributed by atoms with Crippen molar-refractivity contribution >= 4 is 21.6 Å². The number of aryl methyl sites for hydroxylation is 1. The van der Waals surface area contributed by atoms with Crippen LogP contribution in [0.15, 0.2) is 77.7 Å². The molecule has 0 saturated carbocycles. The molecule has 0 bridgehead atoms. The summed E-state index contributed by atoms with van der Waals surface area (Å²) in [5, 5.41) is 3.13. The van der Waals surface area contributed by atoms with Gasteiger partial charge in [0, 0.05) is 5.56 Å². The molecule has 2 N–H and O–H groups in total. The van der Waals surface area contributed by atoms with Crippen LogP contribution in [-0.2, 0) is 10.0 Å². The van der Waals surface area contributed by atoms with Crippen LogP contribution in [0, 0.1) is 19.8 Å². The fraction of sp³-hybridized carbons (Fsp3) is 0.269. The largest absolute Gasteiger partial charge is 0.345 e. The van der Waals surface area contributed by atoms with Gasteiger partial charge in [0.15, 0.2) is 0 Å². The van der Waals surface area contributed by atoms with Crippen molar-refractivity contribution in [1.29, 1.82) is 0 Å². The zero-order chi connectivity index (χ0) is 23.3. The lowest BCUT2D eigenvalue weighted by Crippen LogP contribution is -2.30. The molecule has 3 aromatic carbocycles. The lowest BCUT2D eigenvalue weighted by molar-refractivity contribution is 0.0931. The minimum atomic E-state index is -3.76. The molecule has 0 saturated heterocycles. The highest BCUT2D eigenvalue weighted by Gasteiger charge is 2.21. The van der Waals surface area contributed by atoms with Gasteiger partial charge in [-0.15, -0.1) is 0 Å². The number of anilines is 1. The summed E-state index contributed by atoms with van der Waals surface area (Å²) in [6, 6.07) is 21.5. The Labute approximate surface area is 190 Å². The summed E-state index contributed by atoms with van der Waals surface area (Å²) in [5.74, 6) is 0.169. The van der Waals surface area contributed by atoms with E-state index in [2.05, 4.69) is 23.9 Å². The Hall–Kier alpha value is -3.12. The predicted octanol–water partition coefficient (Wildman–Crippen LogP) is 5.62. The summed E-state index contributed by atoms with van der Waals surface area (Å²) in [7, 11) is -3.76. The molecule has 0 aromatic heterocycles. The molecule has 0 spiro atoms. The van der Waals surface area contributed by atoms with Crippen molar-refractivity contribution < 1.29 is 13.2 Å². The maximum absolute atomic E-state index is 13.2. The van der Waals surface area contributed by atoms with Crippen molar-refractivity contribution in [2.24, 2.45) is 5.92 Å². The van der Waals surface area contributed by atoms with Gasteiger partial charge in [-0.2, -0.15) is 0 Å². The third-order valence-electron chi connectivity index (χ3n) is 5.37. The molecule has 1 atom stereocenters. The van der Waals surface area contributed by atoms with Crippen molar-refractivity contribution in [3.63, 3.8) is 0 Å². The zero-order valence-corrected chi connectivity index (χ0v) is 19.7. The summed E-state index contributed by atoms with van der Waals surface area (Å²) in [6.45, 7) is 7.89. The van der Waals surface area contributed by atoms with Crippen molar-refractivity contribution in [3.8, 4) is 0 Å². The number of nitrogens with one attached hydrogen (secondary N) is 2. The Balaban J connectivity index is 1.85. The SMILES string of the molecule is Cc1ccc(S(=O)(=O)Nc2cccc(C(=O)N[C@@H](CC(C)C)c3ccccc3)c2C)cc1. The quantitative estimate of drug-likeness (QED) is 0.468. The maximum atomic E-state index is 13.2. The summed E-state index contributed by atoms with van der Waals surface area (Å²) < 4.78 is 28.3. The Bertz CT molecular complexity index is 1170. The van der Waals surface area contributed by atoms with Gasteiger partial charge in [0.1, 0.15) is 0 Å². The van der Waals surface area contributed by atoms with Crippen molar-refractivity contribution in [3.05, 3.63) is 95.1 Å². The Kier molecular flexibility index (Phi) is 7.36. The van der Waals surface area contributed by atoms with E-state index >= 15 is 0 Å². The topological polar surface area (TPSA) is 75.3 Å². The van der Waals surface area contributed by atoms with Crippen molar-refractivity contribution in [2.75, 3.05) is 4.72 Å². The first-order chi connectivity index (χ1) is 15.2. The maximum Gasteiger partial charge on any atom is 0.261 e. The molecule has 0 heterocycles. The molecular formula is C26H30N2O3S. The lowest BCUT2D eigenvalue weighted by Gasteiger charge is -2.22. The van der Waals surface area contributed by atoms with Crippen LogP contribution in [-0.4, -0.2) is 14.3 Å². The average molecular weight is 451 g/mol. The van der Waals surface area contributed by atoms with Crippen LogP contribution < -0.4 is 10.0 Å². The number of rotatable bonds is 8. The molecule has 168 valence electrons. The Morgan fingerprint density at radius 2 is 1.53 bits per heavy atom. The lowest BCUT2D eigenvalue weighted by atomic mass is 9.96. The van der Waals surface area contributed by atoms with Gasteiger partial charge in [0.05, 0.1) is 16.6 Å². The number of hydrogen-bond donors (Lipinski definition) is 2. The van der Waals surface area contributed by atoms with E-state index in [1.807, 2.05) is 37.3 Å². The second-order valence-corrected chi connectivity index (χ2v) is 10.1. The van der Waals surface area contributed by atoms with Crippen LogP contribution in [0.1, 0.15) is 53.4 Å². The summed E-state index contributed by atoms with van der Waals surface area (Å²) in [4.78, 5) is 13.3. The molecule has 0 fully saturated rings. The molecule has 0 aliphatic rings. The second kappa shape index (κ2) is 10.0. The monoisotopic (exact) mass is 450 g/mol. The highest BCUT2D eigenvalue weighted by Crippen LogP contribution is 2.25. The normalized spacial score (nSPS) is 12.4. The third-order valence-corrected chi connectivity index (χ3v) is 6.75. The molecule has 5 nitrogen and oxygen atoms in total. The first-order valence-electron chi connectivity index (χ1n) is 10.7. The molecule has 32 heavy (non-hydrogen) atoms. The molecule has 1 amide bonds. The van der Waals surface area contributed by atoms with E-state index in [-0.39, 0.29) is 16.8 Å². The van der Waals surface area contributed by atoms with E-state index in [9.17, 15) is 13.2 Å². The van der Waals surface area contributed by atoms with Crippen LogP contribution in [0.5, 0.6) is 0 Å². The highest BCUT2D eigenvalue weighted by atomic mass is 32.2. The van der Waals surface area contributed by atoms with E-state index in [0.717, 1.165) is 17.5 Å². The highest BCUT2D eigenvalue weighted by molar-refractivity contribution is 7.92. The van der Waals surface area contributed by atoms with Gasteiger partial charge in [0.2, 0.25) is 0 Å². The van der Waals surface area contributed by atoms with Gasteiger partial charge in [-0.05, 0) is 61.6 Å². The van der Waals surface area contributed by atoms with E-state index < -0.39 is 10.0 Å². The predicted molar refractivity (Wildman–Crippen MR) is 129 cm³/mol. The van der Waals surface area contributed by atoms with Gasteiger partial charge >= 0.3 is 0 Å². The first-order valence-corrected chi connectivity index (χ1v) is 12.2. The molecule has 6 heteroatoms. The zero-order valence-electron chi connectivity index (χ0n) is 18.9. The van der Waals surface area contributed by atoms with Crippen LogP contribution in [0.25, 0.3) is 0 Å². The van der Waals surface area contributed by atoms with Gasteiger partial charge < -0.3 is 5.32 Å². The number of benzene rings is 3. The Morgan fingerprint density at radius 1 is 0.875 bits per heavy atom. The van der Waals surface area contributed by atoms with Gasteiger partial charge in [0.25, 0.3) is 15.9 Å². The van der Waals surface area contributed by atoms with E-state index in [4.69, 9.17) is 0 Å². The van der Waals surface area contributed by atoms with Gasteiger partial charge in [-0.1, -0.05) is 67.9 Å². The standard InChI is InChI=1S/C26H30N2O3S/c1-18(2)17-25(21-9-6-5-7-10-21)27-26(29)23-11-8-12-24(20(23)4)28-32(30,31)22-15-13-19(3)14-16-22/h5-16,18,25,28H,17H2,1-4H3,(H,27,29)/t25-/m0/s1. The minimum absolute atomic E-state index is 0.129. The summed E-state index contributed by atoms with van der Waals surface area (Å²) in [5.41, 5.74) is 3.44. The van der Waals surface area contributed by atoms with E-state index in [1.54, 1.807) is 49.4 Å². The molecule has 0 radical (unpaired) electrons. The fourth-order valence-electron chi connectivity index (χ4n) is 3.58. The van der Waals surface area contributed by atoms with Crippen molar-refractivity contribution in [2.45, 2.75) is 45.1 Å². The summed E-state index contributed by atoms with van der Waals surface area (Å²) >= 11 is 0. The first kappa shape index (κ1) is 23.5. The van der Waals surface area contributed by atoms with Gasteiger partial charge in [-0.25, -0.2) is 8.42 Å². The van der Waals surface area contributed by atoms with Crippen LogP contribution >= 0.6 is 0 Å². The number of hydrogen-bond acceptors (Lipinski definition) is 3. The molecule has 3 rings (SSSR count). The molecular weight excluding hydrogens is 420 g/mol. The van der Waals surface area contributed by atoms with Crippen LogP contribution in [0.4, 0.5) is 5.69 Å². The fourth-order valence-corrected chi connectivity index (χ4v) is 4.71. The summed E-state index contributed by atoms with van der Waals surface area (Å²) in [6.07, 6.45) is 0.800. The van der Waals surface area contributed by atoms with Gasteiger partial charge in [-0.3, -0.25) is 9.52 Å². The molecule has 0 unspecified atom stereocenters. The number of carbonyl (C=O) groups excluding carboxylic acids is 1. The number of amides is 1. The minimum Gasteiger partial charge on any atom is -0.345 e. The molecule has 3 aromatic rings. The average Bonchev–Trinajstić information content (AvgIpc) is 2.75. The Morgan fingerprint density at radius 3 is 2.16 bits per heavy atom. The van der Waals surface area contributed by atoms with Crippen LogP contribution in [0.2, 0.25) is 0 Å². The molecule has 0 aliphatic carbocycles. The molecule has 0 aliphatic heterocycles.